The van der Waals surface area contributed by atoms with Crippen LogP contribution in [0.1, 0.15) is 24.6 Å². The normalized spacial score (nSPS) is 10.6. The molecule has 5 heteroatoms. The molecule has 2 rings (SSSR count). The molecule has 1 aromatic carbocycles. The monoisotopic (exact) mass is 289 g/mol. The van der Waals surface area contributed by atoms with E-state index in [1.54, 1.807) is 11.8 Å². The molecular weight excluding hydrogens is 266 g/mol. The molecule has 0 atom stereocenters. The molecule has 5 nitrogen and oxygen atoms in total. The molecule has 0 saturated carbocycles. The summed E-state index contributed by atoms with van der Waals surface area (Å²) in [5.74, 6) is 1.49. The Kier molecular flexibility index (Phi) is 5.63. The van der Waals surface area contributed by atoms with Crippen LogP contribution in [0.4, 0.5) is 0 Å². The van der Waals surface area contributed by atoms with E-state index in [1.165, 1.54) is 5.56 Å². The molecule has 0 unspecified atom stereocenters. The van der Waals surface area contributed by atoms with Crippen LogP contribution >= 0.6 is 0 Å². The minimum atomic E-state index is 0.435. The van der Waals surface area contributed by atoms with Crippen molar-refractivity contribution in [3.63, 3.8) is 0 Å². The minimum absolute atomic E-state index is 0.435. The van der Waals surface area contributed by atoms with Crippen LogP contribution in [0.15, 0.2) is 30.5 Å². The molecule has 0 bridgehead atoms. The van der Waals surface area contributed by atoms with Crippen molar-refractivity contribution in [2.75, 3.05) is 13.7 Å². The second-order valence-corrected chi connectivity index (χ2v) is 4.93. The largest absolute Gasteiger partial charge is 0.493 e. The molecule has 0 aliphatic carbocycles. The number of rotatable bonds is 8. The topological polar surface area (TPSA) is 48.3 Å². The Hall–Kier alpha value is -2.01. The van der Waals surface area contributed by atoms with Gasteiger partial charge in [0.2, 0.25) is 0 Å². The summed E-state index contributed by atoms with van der Waals surface area (Å²) in [5.41, 5.74) is 2.08. The molecule has 2 aromatic rings. The second kappa shape index (κ2) is 7.69. The van der Waals surface area contributed by atoms with Crippen molar-refractivity contribution in [3.05, 3.63) is 41.7 Å². The number of hydrogen-bond donors (Lipinski definition) is 1. The Bertz CT molecular complexity index is 566. The Morgan fingerprint density at radius 3 is 2.76 bits per heavy atom. The summed E-state index contributed by atoms with van der Waals surface area (Å²) in [6.07, 6.45) is 3.03. The van der Waals surface area contributed by atoms with E-state index < -0.39 is 0 Å². The highest BCUT2D eigenvalue weighted by atomic mass is 16.5. The number of hydrogen-bond acceptors (Lipinski definition) is 4. The van der Waals surface area contributed by atoms with Gasteiger partial charge in [0.05, 0.1) is 12.8 Å². The zero-order valence-corrected chi connectivity index (χ0v) is 12.9. The fourth-order valence-electron chi connectivity index (χ4n) is 2.04. The summed E-state index contributed by atoms with van der Waals surface area (Å²) >= 11 is 0. The van der Waals surface area contributed by atoms with E-state index in [9.17, 15) is 0 Å². The molecule has 0 aliphatic rings. The quantitative estimate of drug-likeness (QED) is 0.759. The molecule has 0 aliphatic heterocycles. The zero-order chi connectivity index (χ0) is 15.1. The van der Waals surface area contributed by atoms with Crippen molar-refractivity contribution >= 4 is 0 Å². The van der Waals surface area contributed by atoms with Crippen LogP contribution in [0.2, 0.25) is 0 Å². The van der Waals surface area contributed by atoms with E-state index in [0.29, 0.717) is 6.61 Å². The van der Waals surface area contributed by atoms with Gasteiger partial charge in [0, 0.05) is 19.8 Å². The molecule has 0 saturated heterocycles. The highest BCUT2D eigenvalue weighted by Crippen LogP contribution is 2.28. The van der Waals surface area contributed by atoms with Crippen LogP contribution in [-0.2, 0) is 20.2 Å². The predicted octanol–water partition coefficient (Wildman–Crippen LogP) is 2.51. The van der Waals surface area contributed by atoms with Gasteiger partial charge in [0.15, 0.2) is 11.5 Å². The molecular formula is C16H23N3O2. The maximum absolute atomic E-state index is 5.79. The van der Waals surface area contributed by atoms with E-state index >= 15 is 0 Å². The molecule has 0 fully saturated rings. The third kappa shape index (κ3) is 4.49. The third-order valence-electron chi connectivity index (χ3n) is 3.13. The lowest BCUT2D eigenvalue weighted by atomic mass is 10.2. The number of nitrogens with one attached hydrogen (secondary N) is 1. The van der Waals surface area contributed by atoms with E-state index in [0.717, 1.165) is 36.7 Å². The van der Waals surface area contributed by atoms with Crippen LogP contribution in [0.25, 0.3) is 0 Å². The molecule has 21 heavy (non-hydrogen) atoms. The number of ether oxygens (including phenoxy) is 2. The molecule has 1 heterocycles. The van der Waals surface area contributed by atoms with Crippen LogP contribution in [0.3, 0.4) is 0 Å². The van der Waals surface area contributed by atoms with Gasteiger partial charge in [-0.2, -0.15) is 5.10 Å². The maximum atomic E-state index is 5.79. The number of benzene rings is 1. The minimum Gasteiger partial charge on any atom is -0.493 e. The third-order valence-corrected chi connectivity index (χ3v) is 3.13. The Labute approximate surface area is 125 Å². The van der Waals surface area contributed by atoms with Crippen molar-refractivity contribution in [1.29, 1.82) is 0 Å². The first-order valence-electron chi connectivity index (χ1n) is 7.22. The molecule has 0 radical (unpaired) electrons. The first-order chi connectivity index (χ1) is 10.2. The summed E-state index contributed by atoms with van der Waals surface area (Å²) in [4.78, 5) is 0. The fraction of sp³-hybridized carbons (Fsp3) is 0.438. The van der Waals surface area contributed by atoms with Gasteiger partial charge in [-0.15, -0.1) is 0 Å². The van der Waals surface area contributed by atoms with Crippen molar-refractivity contribution < 1.29 is 9.47 Å². The van der Waals surface area contributed by atoms with Crippen molar-refractivity contribution in [2.45, 2.75) is 26.5 Å². The highest BCUT2D eigenvalue weighted by Gasteiger charge is 2.07. The molecule has 114 valence electrons. The smallest absolute Gasteiger partial charge is 0.161 e. The van der Waals surface area contributed by atoms with Crippen molar-refractivity contribution in [1.82, 2.24) is 15.1 Å². The zero-order valence-electron chi connectivity index (χ0n) is 12.9. The van der Waals surface area contributed by atoms with Gasteiger partial charge in [-0.1, -0.05) is 13.0 Å². The average Bonchev–Trinajstić information content (AvgIpc) is 2.91. The fourth-order valence-corrected chi connectivity index (χ4v) is 2.04. The molecule has 1 N–H and O–H groups in total. The van der Waals surface area contributed by atoms with Crippen molar-refractivity contribution in [2.24, 2.45) is 7.05 Å². The standard InChI is InChI=1S/C16H23N3O2/c1-4-8-17-11-13-5-6-15(16(10-13)20-3)21-12-14-7-9-19(2)18-14/h5-7,9-10,17H,4,8,11-12H2,1-3H3. The lowest BCUT2D eigenvalue weighted by molar-refractivity contribution is 0.279. The van der Waals surface area contributed by atoms with Crippen LogP contribution < -0.4 is 14.8 Å². The predicted molar refractivity (Wildman–Crippen MR) is 82.5 cm³/mol. The van der Waals surface area contributed by atoms with Gasteiger partial charge in [-0.25, -0.2) is 0 Å². The second-order valence-electron chi connectivity index (χ2n) is 4.93. The maximum Gasteiger partial charge on any atom is 0.161 e. The van der Waals surface area contributed by atoms with E-state index in [2.05, 4.69) is 23.4 Å². The summed E-state index contributed by atoms with van der Waals surface area (Å²) in [6.45, 7) is 4.44. The Balaban J connectivity index is 1.98. The summed E-state index contributed by atoms with van der Waals surface area (Å²) in [7, 11) is 3.55. The average molecular weight is 289 g/mol. The summed E-state index contributed by atoms with van der Waals surface area (Å²) in [5, 5.41) is 7.66. The number of methoxy groups -OCH3 is 1. The molecule has 1 aromatic heterocycles. The molecule has 0 spiro atoms. The summed E-state index contributed by atoms with van der Waals surface area (Å²) in [6, 6.07) is 7.95. The van der Waals surface area contributed by atoms with Crippen molar-refractivity contribution in [3.8, 4) is 11.5 Å². The van der Waals surface area contributed by atoms with Gasteiger partial charge in [-0.3, -0.25) is 4.68 Å². The number of aromatic nitrogens is 2. The lowest BCUT2D eigenvalue weighted by Gasteiger charge is -2.12. The molecule has 0 amide bonds. The van der Waals surface area contributed by atoms with Crippen LogP contribution in [0.5, 0.6) is 11.5 Å². The van der Waals surface area contributed by atoms with Gasteiger partial charge in [-0.05, 0) is 36.7 Å². The van der Waals surface area contributed by atoms with E-state index in [4.69, 9.17) is 9.47 Å². The SMILES string of the molecule is CCCNCc1ccc(OCc2ccn(C)n2)c(OC)c1. The number of aryl methyl sites for hydroxylation is 1. The Morgan fingerprint density at radius 1 is 1.24 bits per heavy atom. The lowest BCUT2D eigenvalue weighted by Crippen LogP contribution is -2.13. The van der Waals surface area contributed by atoms with Gasteiger partial charge in [0.1, 0.15) is 6.61 Å². The van der Waals surface area contributed by atoms with Gasteiger partial charge >= 0.3 is 0 Å². The first-order valence-corrected chi connectivity index (χ1v) is 7.22. The van der Waals surface area contributed by atoms with E-state index in [1.807, 2.05) is 31.4 Å². The van der Waals surface area contributed by atoms with E-state index in [-0.39, 0.29) is 0 Å². The van der Waals surface area contributed by atoms with Crippen LogP contribution in [0, 0.1) is 0 Å². The van der Waals surface area contributed by atoms with Gasteiger partial charge < -0.3 is 14.8 Å². The number of nitrogens with zero attached hydrogens (tertiary/aromatic N) is 2. The Morgan fingerprint density at radius 2 is 2.10 bits per heavy atom. The van der Waals surface area contributed by atoms with Gasteiger partial charge in [0.25, 0.3) is 0 Å². The first kappa shape index (κ1) is 15.4. The summed E-state index contributed by atoms with van der Waals surface area (Å²) < 4.78 is 13.0. The van der Waals surface area contributed by atoms with Crippen LogP contribution in [-0.4, -0.2) is 23.4 Å². The highest BCUT2D eigenvalue weighted by molar-refractivity contribution is 5.43.